The molecule has 1 N–H and O–H groups in total. The largest absolute Gasteiger partial charge is 0.507 e. The number of likely N-dealkylation sites (tertiary alicyclic amines) is 1. The summed E-state index contributed by atoms with van der Waals surface area (Å²) in [5.41, 5.74) is 1.54. The van der Waals surface area contributed by atoms with Gasteiger partial charge in [-0.3, -0.25) is 14.6 Å². The second kappa shape index (κ2) is 9.01. The maximum Gasteiger partial charge on any atom is 0.295 e. The van der Waals surface area contributed by atoms with E-state index < -0.39 is 23.5 Å². The number of aliphatic hydroxyl groups is 1. The van der Waals surface area contributed by atoms with Crippen LogP contribution in [0.2, 0.25) is 0 Å². The van der Waals surface area contributed by atoms with Gasteiger partial charge in [0.05, 0.1) is 18.2 Å². The van der Waals surface area contributed by atoms with Crippen molar-refractivity contribution in [3.05, 3.63) is 101 Å². The van der Waals surface area contributed by atoms with Gasteiger partial charge in [-0.05, 0) is 60.5 Å². The predicted molar refractivity (Wildman–Crippen MR) is 116 cm³/mol. The molecule has 2 heterocycles. The van der Waals surface area contributed by atoms with E-state index in [1.54, 1.807) is 48.8 Å². The van der Waals surface area contributed by atoms with Crippen molar-refractivity contribution in [3.8, 4) is 5.75 Å². The van der Waals surface area contributed by atoms with Gasteiger partial charge in [0.15, 0.2) is 0 Å². The third-order valence-corrected chi connectivity index (χ3v) is 5.22. The maximum absolute atomic E-state index is 13.4. The van der Waals surface area contributed by atoms with E-state index in [9.17, 15) is 19.1 Å². The number of ketones is 1. The molecule has 6 nitrogen and oxygen atoms in total. The van der Waals surface area contributed by atoms with Crippen molar-refractivity contribution in [2.45, 2.75) is 19.5 Å². The fraction of sp³-hybridized carbons (Fsp3) is 0.160. The van der Waals surface area contributed by atoms with Gasteiger partial charge in [0, 0.05) is 24.5 Å². The Morgan fingerprint density at radius 2 is 1.91 bits per heavy atom. The summed E-state index contributed by atoms with van der Waals surface area (Å²) in [4.78, 5) is 31.6. The molecule has 1 aliphatic heterocycles. The fourth-order valence-corrected chi connectivity index (χ4v) is 3.78. The molecule has 7 heteroatoms. The lowest BCUT2D eigenvalue weighted by Crippen LogP contribution is -2.29. The van der Waals surface area contributed by atoms with Gasteiger partial charge < -0.3 is 14.7 Å². The predicted octanol–water partition coefficient (Wildman–Crippen LogP) is 4.24. The molecule has 0 radical (unpaired) electrons. The van der Waals surface area contributed by atoms with E-state index in [0.29, 0.717) is 17.9 Å². The Bertz CT molecular complexity index is 1180. The van der Waals surface area contributed by atoms with Crippen LogP contribution in [0.3, 0.4) is 0 Å². The molecule has 2 aromatic carbocycles. The van der Waals surface area contributed by atoms with Crippen LogP contribution in [-0.4, -0.2) is 33.3 Å². The third-order valence-electron chi connectivity index (χ3n) is 5.22. The Morgan fingerprint density at radius 1 is 1.12 bits per heavy atom. The number of carbonyl (C=O) groups is 2. The molecule has 0 bridgehead atoms. The Hall–Kier alpha value is -4.00. The minimum absolute atomic E-state index is 0.0563. The molecular formula is C25H21FN2O4. The average molecular weight is 432 g/mol. The summed E-state index contributed by atoms with van der Waals surface area (Å²) in [5, 5.41) is 11.0. The van der Waals surface area contributed by atoms with Gasteiger partial charge in [0.2, 0.25) is 0 Å². The van der Waals surface area contributed by atoms with E-state index >= 15 is 0 Å². The van der Waals surface area contributed by atoms with Crippen molar-refractivity contribution < 1.29 is 23.8 Å². The topological polar surface area (TPSA) is 79.7 Å². The molecule has 1 unspecified atom stereocenters. The number of aromatic nitrogens is 1. The number of Topliss-reactive ketones (excluding diaryl/α,β-unsaturated/α-hetero) is 1. The summed E-state index contributed by atoms with van der Waals surface area (Å²) >= 11 is 0. The van der Waals surface area contributed by atoms with Gasteiger partial charge in [-0.25, -0.2) is 4.39 Å². The first kappa shape index (κ1) is 21.2. The SMILES string of the molecule is CCOc1cccc(C2C(=C(O)c3ccc(F)cc3)C(=O)C(=O)N2Cc2cccnc2)c1. The number of halogens is 1. The van der Waals surface area contributed by atoms with Crippen LogP contribution >= 0.6 is 0 Å². The lowest BCUT2D eigenvalue weighted by Gasteiger charge is -2.25. The van der Waals surface area contributed by atoms with Gasteiger partial charge >= 0.3 is 0 Å². The number of carbonyl (C=O) groups excluding carboxylic acids is 2. The molecule has 32 heavy (non-hydrogen) atoms. The first-order valence-corrected chi connectivity index (χ1v) is 10.2. The molecule has 0 saturated carbocycles. The molecule has 1 aromatic heterocycles. The summed E-state index contributed by atoms with van der Waals surface area (Å²) in [6, 6.07) is 14.9. The second-order valence-corrected chi connectivity index (χ2v) is 7.30. The zero-order valence-corrected chi connectivity index (χ0v) is 17.4. The number of hydrogen-bond donors (Lipinski definition) is 1. The third kappa shape index (κ3) is 4.09. The van der Waals surface area contributed by atoms with Crippen LogP contribution in [0.1, 0.15) is 29.7 Å². The number of hydrogen-bond acceptors (Lipinski definition) is 5. The van der Waals surface area contributed by atoms with E-state index in [-0.39, 0.29) is 23.4 Å². The number of pyridine rings is 1. The van der Waals surface area contributed by atoms with E-state index in [1.807, 2.05) is 6.92 Å². The van der Waals surface area contributed by atoms with Gasteiger partial charge in [-0.1, -0.05) is 18.2 Å². The highest BCUT2D eigenvalue weighted by Crippen LogP contribution is 2.41. The van der Waals surface area contributed by atoms with Gasteiger partial charge in [-0.15, -0.1) is 0 Å². The lowest BCUT2D eigenvalue weighted by atomic mass is 9.95. The van der Waals surface area contributed by atoms with Crippen molar-refractivity contribution in [1.29, 1.82) is 0 Å². The molecular weight excluding hydrogens is 411 g/mol. The Morgan fingerprint density at radius 3 is 2.59 bits per heavy atom. The van der Waals surface area contributed by atoms with Crippen LogP contribution in [0, 0.1) is 5.82 Å². The van der Waals surface area contributed by atoms with E-state index in [4.69, 9.17) is 4.74 Å². The van der Waals surface area contributed by atoms with Crippen LogP contribution in [0.15, 0.2) is 78.6 Å². The molecule has 4 rings (SSSR count). The monoisotopic (exact) mass is 432 g/mol. The minimum atomic E-state index is -0.847. The first-order chi connectivity index (χ1) is 15.5. The van der Waals surface area contributed by atoms with Crippen molar-refractivity contribution in [3.63, 3.8) is 0 Å². The summed E-state index contributed by atoms with van der Waals surface area (Å²) in [6.45, 7) is 2.44. The second-order valence-electron chi connectivity index (χ2n) is 7.30. The molecule has 1 fully saturated rings. The van der Waals surface area contributed by atoms with Gasteiger partial charge in [-0.2, -0.15) is 0 Å². The Labute approximate surface area is 184 Å². The fourth-order valence-electron chi connectivity index (χ4n) is 3.78. The molecule has 3 aromatic rings. The average Bonchev–Trinajstić information content (AvgIpc) is 3.05. The summed E-state index contributed by atoms with van der Waals surface area (Å²) in [5.74, 6) is -1.78. The number of rotatable bonds is 6. The molecule has 1 aliphatic rings. The van der Waals surface area contributed by atoms with Gasteiger partial charge in [0.1, 0.15) is 17.3 Å². The highest BCUT2D eigenvalue weighted by molar-refractivity contribution is 6.46. The summed E-state index contributed by atoms with van der Waals surface area (Å²) in [7, 11) is 0. The Balaban J connectivity index is 1.86. The van der Waals surface area contributed by atoms with Crippen molar-refractivity contribution in [2.75, 3.05) is 6.61 Å². The molecule has 162 valence electrons. The first-order valence-electron chi connectivity index (χ1n) is 10.2. The Kier molecular flexibility index (Phi) is 5.98. The van der Waals surface area contributed by atoms with Crippen LogP contribution in [0.4, 0.5) is 4.39 Å². The lowest BCUT2D eigenvalue weighted by molar-refractivity contribution is -0.140. The normalized spacial score (nSPS) is 17.6. The van der Waals surface area contributed by atoms with Crippen molar-refractivity contribution in [2.24, 2.45) is 0 Å². The van der Waals surface area contributed by atoms with Crippen LogP contribution in [-0.2, 0) is 16.1 Å². The molecule has 0 spiro atoms. The van der Waals surface area contributed by atoms with E-state index in [1.165, 1.54) is 29.2 Å². The smallest absolute Gasteiger partial charge is 0.295 e. The van der Waals surface area contributed by atoms with Crippen molar-refractivity contribution in [1.82, 2.24) is 9.88 Å². The highest BCUT2D eigenvalue weighted by atomic mass is 19.1. The molecule has 0 aliphatic carbocycles. The maximum atomic E-state index is 13.4. The quantitative estimate of drug-likeness (QED) is 0.358. The number of ether oxygens (including phenoxy) is 1. The number of amides is 1. The van der Waals surface area contributed by atoms with E-state index in [2.05, 4.69) is 4.98 Å². The highest BCUT2D eigenvalue weighted by Gasteiger charge is 2.46. The van der Waals surface area contributed by atoms with Gasteiger partial charge in [0.25, 0.3) is 11.7 Å². The zero-order valence-electron chi connectivity index (χ0n) is 17.4. The van der Waals surface area contributed by atoms with Crippen molar-refractivity contribution >= 4 is 17.4 Å². The van der Waals surface area contributed by atoms with Crippen LogP contribution < -0.4 is 4.74 Å². The molecule has 1 amide bonds. The zero-order chi connectivity index (χ0) is 22.7. The minimum Gasteiger partial charge on any atom is -0.507 e. The van der Waals surface area contributed by atoms with Crippen LogP contribution in [0.5, 0.6) is 5.75 Å². The summed E-state index contributed by atoms with van der Waals surface area (Å²) < 4.78 is 19.0. The molecule has 1 atom stereocenters. The number of benzene rings is 2. The van der Waals surface area contributed by atoms with E-state index in [0.717, 1.165) is 5.56 Å². The number of aliphatic hydroxyl groups excluding tert-OH is 1. The standard InChI is InChI=1S/C25H21FN2O4/c1-2-32-20-7-3-6-18(13-20)22-21(23(29)17-8-10-19(26)11-9-17)24(30)25(31)28(22)15-16-5-4-12-27-14-16/h3-14,22,29H,2,15H2,1H3. The number of nitrogens with zero attached hydrogens (tertiary/aromatic N) is 2. The summed E-state index contributed by atoms with van der Waals surface area (Å²) in [6.07, 6.45) is 3.24. The molecule has 1 saturated heterocycles. The van der Waals surface area contributed by atoms with Crippen LogP contribution in [0.25, 0.3) is 5.76 Å².